The summed E-state index contributed by atoms with van der Waals surface area (Å²) in [5, 5.41) is 11.1. The number of hydrogen-bond donors (Lipinski definition) is 0. The standard InChI is InChI=1S/C14H14N4O2/c1-3-17(14(19)20)11-7-6-10-13(16-11)18-8-4-5-9(2)12(18)15-10/h4-8H,3H2,1-2H3,(H,19,20)/p-1. The van der Waals surface area contributed by atoms with Gasteiger partial charge in [-0.3, -0.25) is 4.40 Å². The number of aromatic nitrogens is 3. The summed E-state index contributed by atoms with van der Waals surface area (Å²) in [6.45, 7) is 4.00. The van der Waals surface area contributed by atoms with Gasteiger partial charge in [-0.05, 0) is 37.6 Å². The molecule has 0 aromatic carbocycles. The molecule has 0 bridgehead atoms. The van der Waals surface area contributed by atoms with Crippen molar-refractivity contribution in [2.24, 2.45) is 0 Å². The molecule has 0 aliphatic rings. The largest absolute Gasteiger partial charge is 0.530 e. The first-order valence-corrected chi connectivity index (χ1v) is 6.34. The van der Waals surface area contributed by atoms with Gasteiger partial charge in [0.25, 0.3) is 0 Å². The highest BCUT2D eigenvalue weighted by molar-refractivity contribution is 5.86. The quantitative estimate of drug-likeness (QED) is 0.704. The molecule has 102 valence electrons. The van der Waals surface area contributed by atoms with Gasteiger partial charge in [0.2, 0.25) is 0 Å². The van der Waals surface area contributed by atoms with Gasteiger partial charge >= 0.3 is 0 Å². The molecule has 3 aromatic heterocycles. The van der Waals surface area contributed by atoms with E-state index in [1.54, 1.807) is 19.1 Å². The van der Waals surface area contributed by atoms with E-state index in [-0.39, 0.29) is 6.54 Å². The summed E-state index contributed by atoms with van der Waals surface area (Å²) < 4.78 is 1.86. The van der Waals surface area contributed by atoms with Gasteiger partial charge in [0.1, 0.15) is 23.1 Å². The average molecular weight is 269 g/mol. The molecule has 0 saturated carbocycles. The molecule has 0 unspecified atom stereocenters. The number of fused-ring (bicyclic) bond motifs is 3. The van der Waals surface area contributed by atoms with E-state index in [0.29, 0.717) is 11.5 Å². The van der Waals surface area contributed by atoms with E-state index in [2.05, 4.69) is 9.97 Å². The number of amides is 1. The van der Waals surface area contributed by atoms with Crippen molar-refractivity contribution in [1.82, 2.24) is 14.4 Å². The maximum Gasteiger partial charge on any atom is 0.166 e. The summed E-state index contributed by atoms with van der Waals surface area (Å²) in [4.78, 5) is 21.1. The van der Waals surface area contributed by atoms with E-state index in [0.717, 1.165) is 21.6 Å². The molecule has 6 heteroatoms. The maximum atomic E-state index is 11.1. The van der Waals surface area contributed by atoms with Crippen LogP contribution in [0, 0.1) is 6.92 Å². The van der Waals surface area contributed by atoms with Crippen LogP contribution in [-0.2, 0) is 0 Å². The molecule has 0 spiro atoms. The van der Waals surface area contributed by atoms with Gasteiger partial charge in [-0.25, -0.2) is 9.97 Å². The van der Waals surface area contributed by atoms with Crippen molar-refractivity contribution in [3.63, 3.8) is 0 Å². The Morgan fingerprint density at radius 2 is 2.10 bits per heavy atom. The number of anilines is 1. The summed E-state index contributed by atoms with van der Waals surface area (Å²) in [6, 6.07) is 7.30. The van der Waals surface area contributed by atoms with Crippen molar-refractivity contribution in [2.75, 3.05) is 11.4 Å². The van der Waals surface area contributed by atoms with Crippen LogP contribution in [0.1, 0.15) is 12.5 Å². The van der Waals surface area contributed by atoms with E-state index in [4.69, 9.17) is 0 Å². The molecule has 3 rings (SSSR count). The number of aryl methyl sites for hydroxylation is 1. The molecule has 0 N–H and O–H groups in total. The lowest BCUT2D eigenvalue weighted by atomic mass is 10.3. The molecule has 6 nitrogen and oxygen atoms in total. The lowest BCUT2D eigenvalue weighted by molar-refractivity contribution is -0.246. The number of carboxylic acid groups (broad SMARTS) is 1. The Labute approximate surface area is 115 Å². The van der Waals surface area contributed by atoms with Crippen molar-refractivity contribution in [2.45, 2.75) is 13.8 Å². The monoisotopic (exact) mass is 269 g/mol. The van der Waals surface area contributed by atoms with Crippen LogP contribution in [-0.4, -0.2) is 27.0 Å². The van der Waals surface area contributed by atoms with E-state index in [9.17, 15) is 9.90 Å². The lowest BCUT2D eigenvalue weighted by Crippen LogP contribution is -2.41. The minimum Gasteiger partial charge on any atom is -0.530 e. The molecule has 0 radical (unpaired) electrons. The summed E-state index contributed by atoms with van der Waals surface area (Å²) in [7, 11) is 0. The summed E-state index contributed by atoms with van der Waals surface area (Å²) >= 11 is 0. The van der Waals surface area contributed by atoms with Gasteiger partial charge in [0.15, 0.2) is 5.65 Å². The zero-order valence-corrected chi connectivity index (χ0v) is 11.2. The summed E-state index contributed by atoms with van der Waals surface area (Å²) in [5.41, 5.74) is 3.24. The molecule has 0 aliphatic carbocycles. The molecular weight excluding hydrogens is 256 g/mol. The average Bonchev–Trinajstić information content (AvgIpc) is 2.79. The Hall–Kier alpha value is -2.63. The van der Waals surface area contributed by atoms with Crippen LogP contribution in [0.25, 0.3) is 16.8 Å². The lowest BCUT2D eigenvalue weighted by Gasteiger charge is -2.21. The van der Waals surface area contributed by atoms with Crippen LogP contribution < -0.4 is 10.0 Å². The van der Waals surface area contributed by atoms with Gasteiger partial charge in [-0.15, -0.1) is 0 Å². The van der Waals surface area contributed by atoms with Crippen molar-refractivity contribution >= 4 is 28.7 Å². The van der Waals surface area contributed by atoms with Crippen molar-refractivity contribution < 1.29 is 9.90 Å². The SMILES string of the molecule is CCN(C(=O)[O-])c1ccc2nc3c(C)cccn3c2n1. The highest BCUT2D eigenvalue weighted by Crippen LogP contribution is 2.20. The second kappa shape index (κ2) is 4.48. The Morgan fingerprint density at radius 1 is 1.30 bits per heavy atom. The summed E-state index contributed by atoms with van der Waals surface area (Å²) in [6.07, 6.45) is 0.605. The first-order chi connectivity index (χ1) is 9.61. The van der Waals surface area contributed by atoms with Crippen LogP contribution in [0.3, 0.4) is 0 Å². The maximum absolute atomic E-state index is 11.1. The van der Waals surface area contributed by atoms with Crippen LogP contribution in [0.4, 0.5) is 10.6 Å². The van der Waals surface area contributed by atoms with Gasteiger partial charge in [0, 0.05) is 12.7 Å². The molecule has 20 heavy (non-hydrogen) atoms. The molecule has 0 fully saturated rings. The summed E-state index contributed by atoms with van der Waals surface area (Å²) in [5.74, 6) is 0.350. The molecule has 0 atom stereocenters. The third-order valence-corrected chi connectivity index (χ3v) is 3.27. The predicted octanol–water partition coefficient (Wildman–Crippen LogP) is 1.36. The molecule has 0 aliphatic heterocycles. The normalized spacial score (nSPS) is 11.1. The first-order valence-electron chi connectivity index (χ1n) is 6.34. The number of carbonyl (C=O) groups is 1. The van der Waals surface area contributed by atoms with Crippen LogP contribution in [0.5, 0.6) is 0 Å². The minimum atomic E-state index is -1.26. The van der Waals surface area contributed by atoms with E-state index in [1.165, 1.54) is 0 Å². The predicted molar refractivity (Wildman–Crippen MR) is 73.6 cm³/mol. The van der Waals surface area contributed by atoms with E-state index < -0.39 is 6.09 Å². The van der Waals surface area contributed by atoms with Crippen LogP contribution in [0.15, 0.2) is 30.5 Å². The van der Waals surface area contributed by atoms with Crippen LogP contribution >= 0.6 is 0 Å². The molecule has 1 amide bonds. The highest BCUT2D eigenvalue weighted by Gasteiger charge is 2.12. The third-order valence-electron chi connectivity index (χ3n) is 3.27. The Balaban J connectivity index is 2.27. The van der Waals surface area contributed by atoms with E-state index >= 15 is 0 Å². The smallest absolute Gasteiger partial charge is 0.166 e. The fourth-order valence-electron chi connectivity index (χ4n) is 2.27. The van der Waals surface area contributed by atoms with Gasteiger partial charge in [-0.2, -0.15) is 0 Å². The number of carbonyl (C=O) groups excluding carboxylic acids is 1. The molecule has 3 heterocycles. The molecular formula is C14H13N4O2-. The number of pyridine rings is 2. The number of imidazole rings is 1. The van der Waals surface area contributed by atoms with Crippen molar-refractivity contribution in [3.05, 3.63) is 36.0 Å². The topological polar surface area (TPSA) is 73.6 Å². The van der Waals surface area contributed by atoms with Crippen molar-refractivity contribution in [1.29, 1.82) is 0 Å². The van der Waals surface area contributed by atoms with E-state index in [1.807, 2.05) is 29.7 Å². The van der Waals surface area contributed by atoms with Gasteiger partial charge in [-0.1, -0.05) is 6.07 Å². The highest BCUT2D eigenvalue weighted by atomic mass is 16.4. The second-order valence-corrected chi connectivity index (χ2v) is 4.52. The van der Waals surface area contributed by atoms with Crippen molar-refractivity contribution in [3.8, 4) is 0 Å². The van der Waals surface area contributed by atoms with Gasteiger partial charge < -0.3 is 14.8 Å². The minimum absolute atomic E-state index is 0.288. The number of rotatable bonds is 2. The van der Waals surface area contributed by atoms with Gasteiger partial charge in [0.05, 0.1) is 0 Å². The Kier molecular flexibility index (Phi) is 2.78. The number of nitrogens with zero attached hydrogens (tertiary/aromatic N) is 4. The second-order valence-electron chi connectivity index (χ2n) is 4.52. The molecule has 0 saturated heterocycles. The fourth-order valence-corrected chi connectivity index (χ4v) is 2.27. The Morgan fingerprint density at radius 3 is 2.80 bits per heavy atom. The zero-order chi connectivity index (χ0) is 14.3. The Bertz CT molecular complexity index is 809. The number of hydrogen-bond acceptors (Lipinski definition) is 4. The first kappa shape index (κ1) is 12.4. The molecule has 3 aromatic rings. The zero-order valence-electron chi connectivity index (χ0n) is 11.2. The third kappa shape index (κ3) is 1.77. The fraction of sp³-hybridized carbons (Fsp3) is 0.214. The van der Waals surface area contributed by atoms with Crippen LogP contribution in [0.2, 0.25) is 0 Å².